The summed E-state index contributed by atoms with van der Waals surface area (Å²) in [5.41, 5.74) is 1.05. The van der Waals surface area contributed by atoms with Gasteiger partial charge in [-0.25, -0.2) is 4.79 Å². The van der Waals surface area contributed by atoms with Crippen molar-refractivity contribution in [3.63, 3.8) is 0 Å². The maximum absolute atomic E-state index is 13.0. The molecule has 35 heavy (non-hydrogen) atoms. The highest BCUT2D eigenvalue weighted by Crippen LogP contribution is 2.65. The summed E-state index contributed by atoms with van der Waals surface area (Å²) in [6, 6.07) is 9.86. The first-order valence-corrected chi connectivity index (χ1v) is 13.1. The topological polar surface area (TPSA) is 79.9 Å². The van der Waals surface area contributed by atoms with E-state index in [1.807, 2.05) is 18.2 Å². The van der Waals surface area contributed by atoms with Crippen LogP contribution in [-0.2, 0) is 20.5 Å². The van der Waals surface area contributed by atoms with Crippen molar-refractivity contribution in [3.05, 3.63) is 48.6 Å². The Morgan fingerprint density at radius 1 is 1.26 bits per heavy atom. The van der Waals surface area contributed by atoms with Crippen molar-refractivity contribution in [2.75, 3.05) is 13.1 Å². The van der Waals surface area contributed by atoms with Gasteiger partial charge in [0.05, 0.1) is 17.6 Å². The molecule has 188 valence electrons. The van der Waals surface area contributed by atoms with E-state index in [9.17, 15) is 9.59 Å². The third kappa shape index (κ3) is 4.40. The van der Waals surface area contributed by atoms with Gasteiger partial charge >= 0.3 is 13.1 Å². The predicted octanol–water partition coefficient (Wildman–Crippen LogP) is 3.34. The van der Waals surface area contributed by atoms with Crippen LogP contribution in [0.1, 0.15) is 52.0 Å². The Bertz CT molecular complexity index is 972. The van der Waals surface area contributed by atoms with E-state index in [-0.39, 0.29) is 41.0 Å². The number of urea groups is 1. The predicted molar refractivity (Wildman–Crippen MR) is 136 cm³/mol. The zero-order chi connectivity index (χ0) is 24.8. The fraction of sp³-hybridized carbons (Fsp3) is 0.630. The maximum Gasteiger partial charge on any atom is 0.482 e. The van der Waals surface area contributed by atoms with E-state index >= 15 is 0 Å². The lowest BCUT2D eigenvalue weighted by Crippen LogP contribution is -2.65. The van der Waals surface area contributed by atoms with Gasteiger partial charge in [0.2, 0.25) is 5.91 Å². The van der Waals surface area contributed by atoms with Crippen molar-refractivity contribution in [2.24, 2.45) is 17.3 Å². The molecule has 1 aromatic carbocycles. The smallest absolute Gasteiger partial charge is 0.404 e. The van der Waals surface area contributed by atoms with Crippen LogP contribution < -0.4 is 10.6 Å². The number of benzene rings is 1. The summed E-state index contributed by atoms with van der Waals surface area (Å²) < 4.78 is 13.2. The summed E-state index contributed by atoms with van der Waals surface area (Å²) in [6.45, 7) is 11.6. The minimum Gasteiger partial charge on any atom is -0.404 e. The number of carbonyl (C=O) groups is 2. The van der Waals surface area contributed by atoms with Crippen LogP contribution in [0.15, 0.2) is 43.0 Å². The van der Waals surface area contributed by atoms with Crippen LogP contribution in [0.4, 0.5) is 4.79 Å². The summed E-state index contributed by atoms with van der Waals surface area (Å²) in [5.74, 6) is 0.728. The number of hydrogen-bond acceptors (Lipinski definition) is 4. The van der Waals surface area contributed by atoms with Crippen LogP contribution >= 0.6 is 0 Å². The molecule has 2 heterocycles. The summed E-state index contributed by atoms with van der Waals surface area (Å²) >= 11 is 0. The third-order valence-electron chi connectivity index (χ3n) is 9.25. The van der Waals surface area contributed by atoms with Crippen molar-refractivity contribution in [2.45, 2.75) is 76.6 Å². The van der Waals surface area contributed by atoms with Crippen molar-refractivity contribution >= 4 is 19.1 Å². The molecular weight excluding hydrogens is 441 g/mol. The van der Waals surface area contributed by atoms with Gasteiger partial charge in [0, 0.05) is 19.1 Å². The van der Waals surface area contributed by atoms with E-state index in [1.54, 1.807) is 4.90 Å². The zero-order valence-electron chi connectivity index (χ0n) is 21.2. The maximum atomic E-state index is 13.0. The monoisotopic (exact) mass is 479 g/mol. The minimum absolute atomic E-state index is 0.00591. The molecule has 5 fully saturated rings. The van der Waals surface area contributed by atoms with Gasteiger partial charge in [0.25, 0.3) is 0 Å². The first kappa shape index (κ1) is 24.4. The molecule has 2 N–H and O–H groups in total. The molecule has 3 aliphatic carbocycles. The SMILES string of the molecule is C=CC(=O)N1CCC[C@@H]1CNC(=O)N[C@@H](Cc1ccccc1)B1O[C@@H]2C[C@@H]3C[C@@H](C3(C)C)[C@]2(C)O1. The first-order valence-electron chi connectivity index (χ1n) is 13.1. The largest absolute Gasteiger partial charge is 0.482 e. The highest BCUT2D eigenvalue weighted by atomic mass is 16.7. The molecule has 0 unspecified atom stereocenters. The van der Waals surface area contributed by atoms with Gasteiger partial charge in [-0.2, -0.15) is 0 Å². The van der Waals surface area contributed by atoms with E-state index in [4.69, 9.17) is 9.31 Å². The third-order valence-corrected chi connectivity index (χ3v) is 9.25. The van der Waals surface area contributed by atoms with Gasteiger partial charge in [-0.1, -0.05) is 50.8 Å². The van der Waals surface area contributed by atoms with Gasteiger partial charge in [-0.05, 0) is 67.9 Å². The molecule has 3 saturated carbocycles. The van der Waals surface area contributed by atoms with Crippen molar-refractivity contribution < 1.29 is 18.9 Å². The molecule has 5 aliphatic rings. The van der Waals surface area contributed by atoms with Crippen LogP contribution in [0.2, 0.25) is 0 Å². The normalized spacial score (nSPS) is 33.5. The minimum atomic E-state index is -0.503. The lowest BCUT2D eigenvalue weighted by molar-refractivity contribution is -0.199. The van der Waals surface area contributed by atoms with Crippen molar-refractivity contribution in [1.29, 1.82) is 0 Å². The van der Waals surface area contributed by atoms with Crippen LogP contribution in [0.25, 0.3) is 0 Å². The van der Waals surface area contributed by atoms with Crippen LogP contribution in [0.5, 0.6) is 0 Å². The molecule has 1 aromatic rings. The van der Waals surface area contributed by atoms with Gasteiger partial charge < -0.3 is 24.8 Å². The van der Waals surface area contributed by atoms with Gasteiger partial charge in [-0.15, -0.1) is 0 Å². The molecule has 7 nitrogen and oxygen atoms in total. The van der Waals surface area contributed by atoms with Gasteiger partial charge in [0.15, 0.2) is 0 Å². The number of likely N-dealkylation sites (tertiary alicyclic amines) is 1. The molecule has 0 aromatic heterocycles. The molecule has 2 saturated heterocycles. The second kappa shape index (κ2) is 9.28. The summed E-state index contributed by atoms with van der Waals surface area (Å²) in [5, 5.41) is 6.13. The Labute approximate surface area is 209 Å². The fourth-order valence-corrected chi connectivity index (χ4v) is 7.04. The number of nitrogens with one attached hydrogen (secondary N) is 2. The van der Waals surface area contributed by atoms with Crippen molar-refractivity contribution in [3.8, 4) is 0 Å². The number of amides is 3. The Morgan fingerprint density at radius 3 is 2.74 bits per heavy atom. The quantitative estimate of drug-likeness (QED) is 0.465. The molecule has 6 atom stereocenters. The number of hydrogen-bond donors (Lipinski definition) is 2. The zero-order valence-corrected chi connectivity index (χ0v) is 21.2. The van der Waals surface area contributed by atoms with E-state index < -0.39 is 7.12 Å². The second-order valence-corrected chi connectivity index (χ2v) is 11.5. The highest BCUT2D eigenvalue weighted by molar-refractivity contribution is 6.48. The van der Waals surface area contributed by atoms with E-state index in [0.717, 1.165) is 24.8 Å². The molecular formula is C27H38BN3O4. The Hall–Kier alpha value is -2.32. The fourth-order valence-electron chi connectivity index (χ4n) is 7.04. The number of carbonyl (C=O) groups excluding carboxylic acids is 2. The molecule has 0 spiro atoms. The van der Waals surface area contributed by atoms with E-state index in [0.29, 0.717) is 31.3 Å². The lowest BCUT2D eigenvalue weighted by atomic mass is 9.43. The van der Waals surface area contributed by atoms with Gasteiger partial charge in [-0.3, -0.25) is 4.79 Å². The average molecular weight is 479 g/mol. The van der Waals surface area contributed by atoms with Crippen molar-refractivity contribution in [1.82, 2.24) is 15.5 Å². The highest BCUT2D eigenvalue weighted by Gasteiger charge is 2.68. The number of rotatable bonds is 7. The van der Waals surface area contributed by atoms with E-state index in [1.165, 1.54) is 12.5 Å². The van der Waals surface area contributed by atoms with Crippen LogP contribution in [0, 0.1) is 17.3 Å². The molecule has 0 radical (unpaired) electrons. The first-order chi connectivity index (χ1) is 16.7. The molecule has 2 aliphatic heterocycles. The Kier molecular flexibility index (Phi) is 6.47. The lowest BCUT2D eigenvalue weighted by Gasteiger charge is -2.64. The average Bonchev–Trinajstić information content (AvgIpc) is 3.46. The number of nitrogens with zero attached hydrogens (tertiary/aromatic N) is 1. The molecule has 3 amide bonds. The van der Waals surface area contributed by atoms with Crippen LogP contribution in [-0.4, -0.2) is 60.7 Å². The summed E-state index contributed by atoms with van der Waals surface area (Å²) in [4.78, 5) is 26.9. The Balaban J connectivity index is 1.26. The molecule has 8 heteroatoms. The Morgan fingerprint density at radius 2 is 2.03 bits per heavy atom. The van der Waals surface area contributed by atoms with Gasteiger partial charge in [0.1, 0.15) is 0 Å². The molecule has 2 bridgehead atoms. The van der Waals surface area contributed by atoms with Crippen LogP contribution in [0.3, 0.4) is 0 Å². The molecule has 6 rings (SSSR count). The standard InChI is InChI=1S/C27H38BN3O4/c1-5-24(32)31-13-9-12-20(31)17-29-25(33)30-23(14-18-10-7-6-8-11-18)28-34-22-16-19-15-21(26(19,2)3)27(22,4)35-28/h5-8,10-11,19-23H,1,9,12-17H2,2-4H3,(H2,29,30,33)/t19-,20+,21-,22+,23-,27-/m0/s1. The summed E-state index contributed by atoms with van der Waals surface area (Å²) in [7, 11) is -0.503. The summed E-state index contributed by atoms with van der Waals surface area (Å²) in [6.07, 6.45) is 6.03. The second-order valence-electron chi connectivity index (χ2n) is 11.5. The van der Waals surface area contributed by atoms with E-state index in [2.05, 4.69) is 50.1 Å².